The van der Waals surface area contributed by atoms with Crippen LogP contribution < -0.4 is 5.32 Å². The number of aromatic amines is 1. The average molecular weight is 435 g/mol. The largest absolute Gasteiger partial charge is 0.416 e. The maximum atomic E-state index is 12.1. The number of amides is 1. The smallest absolute Gasteiger partial charge is 0.276 e. The molecular weight excluding hydrogens is 408 g/mol. The maximum Gasteiger partial charge on any atom is 0.276 e. The molecular formula is C24H26N4O2S. The van der Waals surface area contributed by atoms with Crippen LogP contribution in [0.15, 0.2) is 64.4 Å². The van der Waals surface area contributed by atoms with E-state index in [2.05, 4.69) is 44.9 Å². The minimum absolute atomic E-state index is 0.0263. The first kappa shape index (κ1) is 21.2. The number of rotatable bonds is 10. The van der Waals surface area contributed by atoms with Crippen molar-refractivity contribution in [1.29, 1.82) is 0 Å². The number of H-pyrrole nitrogens is 1. The van der Waals surface area contributed by atoms with Crippen molar-refractivity contribution in [1.82, 2.24) is 15.2 Å². The van der Waals surface area contributed by atoms with Gasteiger partial charge < -0.3 is 14.7 Å². The lowest BCUT2D eigenvalue weighted by atomic mass is 10.1. The van der Waals surface area contributed by atoms with Gasteiger partial charge in [-0.05, 0) is 49.4 Å². The van der Waals surface area contributed by atoms with Crippen molar-refractivity contribution in [3.63, 3.8) is 0 Å². The van der Waals surface area contributed by atoms with Gasteiger partial charge in [0.1, 0.15) is 0 Å². The molecule has 6 nitrogen and oxygen atoms in total. The number of para-hydroxylation sites is 2. The van der Waals surface area contributed by atoms with E-state index in [1.807, 2.05) is 37.3 Å². The van der Waals surface area contributed by atoms with Gasteiger partial charge in [0.05, 0.1) is 0 Å². The van der Waals surface area contributed by atoms with Crippen LogP contribution in [0, 0.1) is 6.92 Å². The lowest BCUT2D eigenvalue weighted by Crippen LogP contribution is -2.12. The highest BCUT2D eigenvalue weighted by Gasteiger charge is 2.09. The van der Waals surface area contributed by atoms with Crippen LogP contribution in [0.3, 0.4) is 0 Å². The van der Waals surface area contributed by atoms with E-state index in [-0.39, 0.29) is 5.91 Å². The molecule has 2 N–H and O–H groups in total. The van der Waals surface area contributed by atoms with E-state index in [1.54, 1.807) is 0 Å². The molecule has 7 heteroatoms. The summed E-state index contributed by atoms with van der Waals surface area (Å²) in [5.74, 6) is 1.45. The van der Waals surface area contributed by atoms with Crippen LogP contribution in [0.4, 0.5) is 5.69 Å². The van der Waals surface area contributed by atoms with Gasteiger partial charge in [0, 0.05) is 41.4 Å². The van der Waals surface area contributed by atoms with Crippen molar-refractivity contribution in [2.75, 3.05) is 11.1 Å². The number of anilines is 1. The van der Waals surface area contributed by atoms with Gasteiger partial charge in [-0.1, -0.05) is 48.2 Å². The van der Waals surface area contributed by atoms with Crippen molar-refractivity contribution in [2.24, 2.45) is 0 Å². The number of benzene rings is 2. The number of hydrogen-bond donors (Lipinski definition) is 2. The van der Waals surface area contributed by atoms with Gasteiger partial charge in [0.15, 0.2) is 0 Å². The Labute approximate surface area is 185 Å². The summed E-state index contributed by atoms with van der Waals surface area (Å²) in [6, 6.07) is 16.1. The van der Waals surface area contributed by atoms with Crippen LogP contribution >= 0.6 is 11.8 Å². The molecule has 4 aromatic rings. The van der Waals surface area contributed by atoms with Crippen LogP contribution in [-0.4, -0.2) is 26.8 Å². The molecule has 0 bridgehead atoms. The number of aromatic nitrogens is 3. The monoisotopic (exact) mass is 434 g/mol. The second-order valence-corrected chi connectivity index (χ2v) is 8.54. The molecule has 0 radical (unpaired) electrons. The highest BCUT2D eigenvalue weighted by molar-refractivity contribution is 7.99. The minimum atomic E-state index is 0.0263. The summed E-state index contributed by atoms with van der Waals surface area (Å²) in [6.45, 7) is 1.99. The van der Waals surface area contributed by atoms with Gasteiger partial charge in [-0.3, -0.25) is 4.79 Å². The molecule has 0 saturated heterocycles. The van der Waals surface area contributed by atoms with Crippen molar-refractivity contribution >= 4 is 34.3 Å². The van der Waals surface area contributed by atoms with Crippen molar-refractivity contribution in [3.05, 3.63) is 71.7 Å². The third-order valence-electron chi connectivity index (χ3n) is 5.15. The SMILES string of the molecule is Cc1ccccc1NC(=O)CCCSc1nnc(CCCc2c[nH]c3ccccc23)o1. The lowest BCUT2D eigenvalue weighted by molar-refractivity contribution is -0.116. The molecule has 2 aromatic heterocycles. The predicted molar refractivity (Wildman–Crippen MR) is 124 cm³/mol. The van der Waals surface area contributed by atoms with Crippen molar-refractivity contribution < 1.29 is 9.21 Å². The van der Waals surface area contributed by atoms with E-state index in [9.17, 15) is 4.79 Å². The Bertz CT molecular complexity index is 1150. The highest BCUT2D eigenvalue weighted by atomic mass is 32.2. The maximum absolute atomic E-state index is 12.1. The molecule has 0 aliphatic carbocycles. The topological polar surface area (TPSA) is 83.8 Å². The van der Waals surface area contributed by atoms with Gasteiger partial charge in [0.2, 0.25) is 11.8 Å². The van der Waals surface area contributed by atoms with Gasteiger partial charge in [-0.15, -0.1) is 10.2 Å². The normalized spacial score (nSPS) is 11.1. The third-order valence-corrected chi connectivity index (χ3v) is 6.06. The summed E-state index contributed by atoms with van der Waals surface area (Å²) in [7, 11) is 0. The van der Waals surface area contributed by atoms with E-state index in [1.165, 1.54) is 28.2 Å². The Balaban J connectivity index is 1.16. The second kappa shape index (κ2) is 10.3. The van der Waals surface area contributed by atoms with Gasteiger partial charge in [0.25, 0.3) is 5.22 Å². The van der Waals surface area contributed by atoms with E-state index in [4.69, 9.17) is 4.42 Å². The van der Waals surface area contributed by atoms with Crippen LogP contribution in [0.25, 0.3) is 10.9 Å². The number of nitrogens with one attached hydrogen (secondary N) is 2. The van der Waals surface area contributed by atoms with Crippen molar-refractivity contribution in [2.45, 2.75) is 44.3 Å². The standard InChI is InChI=1S/C24H26N4O2S/c1-17-8-2-4-11-20(17)26-22(29)13-7-15-31-24-28-27-23(30-24)14-6-9-18-16-25-21-12-5-3-10-19(18)21/h2-5,8,10-12,16,25H,6-7,9,13-15H2,1H3,(H,26,29). The second-order valence-electron chi connectivity index (χ2n) is 7.49. The molecule has 0 spiro atoms. The van der Waals surface area contributed by atoms with Gasteiger partial charge in [-0.25, -0.2) is 0 Å². The Morgan fingerprint density at radius 2 is 1.90 bits per heavy atom. The molecule has 0 atom stereocenters. The molecule has 1 amide bonds. The highest BCUT2D eigenvalue weighted by Crippen LogP contribution is 2.21. The van der Waals surface area contributed by atoms with Crippen LogP contribution in [0.1, 0.15) is 36.3 Å². The molecule has 0 fully saturated rings. The number of fused-ring (bicyclic) bond motifs is 1. The summed E-state index contributed by atoms with van der Waals surface area (Å²) < 4.78 is 5.74. The zero-order valence-electron chi connectivity index (χ0n) is 17.6. The predicted octanol–water partition coefficient (Wildman–Crippen LogP) is 5.55. The third kappa shape index (κ3) is 5.76. The van der Waals surface area contributed by atoms with Crippen LogP contribution in [-0.2, 0) is 17.6 Å². The van der Waals surface area contributed by atoms with Gasteiger partial charge >= 0.3 is 0 Å². The summed E-state index contributed by atoms with van der Waals surface area (Å²) >= 11 is 1.50. The fourth-order valence-electron chi connectivity index (χ4n) is 3.48. The van der Waals surface area contributed by atoms with E-state index in [0.717, 1.165) is 42.7 Å². The molecule has 0 aliphatic rings. The van der Waals surface area contributed by atoms with Crippen LogP contribution in [0.5, 0.6) is 0 Å². The molecule has 0 unspecified atom stereocenters. The quantitative estimate of drug-likeness (QED) is 0.253. The minimum Gasteiger partial charge on any atom is -0.416 e. The molecule has 31 heavy (non-hydrogen) atoms. The number of hydrogen-bond acceptors (Lipinski definition) is 5. The zero-order chi connectivity index (χ0) is 21.5. The lowest BCUT2D eigenvalue weighted by Gasteiger charge is -2.07. The fraction of sp³-hybridized carbons (Fsp3) is 0.292. The summed E-state index contributed by atoms with van der Waals surface area (Å²) in [5, 5.41) is 13.1. The summed E-state index contributed by atoms with van der Waals surface area (Å²) in [6.07, 6.45) is 5.96. The molecule has 2 aromatic carbocycles. The molecule has 0 saturated carbocycles. The molecule has 160 valence electrons. The number of nitrogens with zero attached hydrogens (tertiary/aromatic N) is 2. The van der Waals surface area contributed by atoms with Crippen molar-refractivity contribution in [3.8, 4) is 0 Å². The van der Waals surface area contributed by atoms with E-state index >= 15 is 0 Å². The zero-order valence-corrected chi connectivity index (χ0v) is 18.4. The van der Waals surface area contributed by atoms with E-state index < -0.39 is 0 Å². The molecule has 4 rings (SSSR count). The summed E-state index contributed by atoms with van der Waals surface area (Å²) in [4.78, 5) is 15.4. The average Bonchev–Trinajstić information content (AvgIpc) is 3.40. The fourth-order valence-corrected chi connectivity index (χ4v) is 4.20. The Hall–Kier alpha value is -3.06. The first-order chi connectivity index (χ1) is 15.2. The van der Waals surface area contributed by atoms with E-state index in [0.29, 0.717) is 17.5 Å². The van der Waals surface area contributed by atoms with Crippen LogP contribution in [0.2, 0.25) is 0 Å². The Kier molecular flexibility index (Phi) is 7.04. The number of aryl methyl sites for hydroxylation is 3. The first-order valence-electron chi connectivity index (χ1n) is 10.5. The number of carbonyl (C=O) groups excluding carboxylic acids is 1. The number of thioether (sulfide) groups is 1. The molecule has 2 heterocycles. The van der Waals surface area contributed by atoms with Gasteiger partial charge in [-0.2, -0.15) is 0 Å². The Morgan fingerprint density at radius 3 is 2.81 bits per heavy atom. The number of carbonyl (C=O) groups is 1. The molecule has 0 aliphatic heterocycles. The Morgan fingerprint density at radius 1 is 1.06 bits per heavy atom. The summed E-state index contributed by atoms with van der Waals surface area (Å²) in [5.41, 5.74) is 4.41. The first-order valence-corrected chi connectivity index (χ1v) is 11.5.